The Kier molecular flexibility index (Phi) is 7.04. The Labute approximate surface area is 213 Å². The molecule has 4 rings (SSSR count). The molecule has 0 radical (unpaired) electrons. The lowest BCUT2D eigenvalue weighted by Gasteiger charge is -2.23. The van der Waals surface area contributed by atoms with E-state index in [0.717, 1.165) is 15.8 Å². The quantitative estimate of drug-likeness (QED) is 0.196. The van der Waals surface area contributed by atoms with Crippen molar-refractivity contribution in [2.24, 2.45) is 0 Å². The van der Waals surface area contributed by atoms with E-state index < -0.39 is 23.7 Å². The van der Waals surface area contributed by atoms with Gasteiger partial charge in [-0.1, -0.05) is 39.4 Å². The smallest absolute Gasteiger partial charge is 0.350 e. The van der Waals surface area contributed by atoms with E-state index >= 15 is 0 Å². The van der Waals surface area contributed by atoms with E-state index in [0.29, 0.717) is 22.6 Å². The van der Waals surface area contributed by atoms with Crippen molar-refractivity contribution in [2.45, 2.75) is 19.9 Å². The summed E-state index contributed by atoms with van der Waals surface area (Å²) in [6, 6.07) is 12.6. The van der Waals surface area contributed by atoms with E-state index in [2.05, 4.69) is 20.9 Å². The van der Waals surface area contributed by atoms with E-state index in [1.165, 1.54) is 12.0 Å². The summed E-state index contributed by atoms with van der Waals surface area (Å²) < 4.78 is 11.0. The predicted molar refractivity (Wildman–Crippen MR) is 135 cm³/mol. The largest absolute Gasteiger partial charge is 0.507 e. The molecule has 1 aliphatic heterocycles. The molecule has 1 fully saturated rings. The number of Topliss-reactive ketones (excluding diaryl/α,β-unsaturated/α-hetero) is 1. The first-order valence-corrected chi connectivity index (χ1v) is 12.2. The fraction of sp³-hybridized carbons (Fsp3) is 0.200. The average Bonchev–Trinajstić information content (AvgIpc) is 3.35. The molecule has 0 spiro atoms. The Morgan fingerprint density at radius 1 is 1.20 bits per heavy atom. The number of hydrogen-bond donors (Lipinski definition) is 1. The number of esters is 1. The number of amides is 1. The number of hydrogen-bond acceptors (Lipinski definition) is 8. The molecular formula is C25H21BrN2O6S. The number of aryl methyl sites for hydroxylation is 1. The molecule has 35 heavy (non-hydrogen) atoms. The molecule has 1 aromatic heterocycles. The summed E-state index contributed by atoms with van der Waals surface area (Å²) >= 11 is 4.39. The van der Waals surface area contributed by atoms with Crippen LogP contribution in [0.5, 0.6) is 5.75 Å². The third kappa shape index (κ3) is 4.59. The molecule has 1 saturated heterocycles. The lowest BCUT2D eigenvalue weighted by molar-refractivity contribution is -0.132. The number of rotatable bonds is 6. The third-order valence-electron chi connectivity index (χ3n) is 5.42. The van der Waals surface area contributed by atoms with Gasteiger partial charge in [0.15, 0.2) is 5.13 Å². The Bertz CT molecular complexity index is 1350. The number of carbonyl (C=O) groups excluding carboxylic acids is 3. The second-order valence-electron chi connectivity index (χ2n) is 7.58. The highest BCUT2D eigenvalue weighted by atomic mass is 79.9. The first-order valence-electron chi connectivity index (χ1n) is 10.6. The highest BCUT2D eigenvalue weighted by Crippen LogP contribution is 2.44. The summed E-state index contributed by atoms with van der Waals surface area (Å²) in [7, 11) is 1.52. The number of aromatic nitrogens is 1. The number of thiazole rings is 1. The maximum absolute atomic E-state index is 13.3. The number of halogens is 1. The van der Waals surface area contributed by atoms with Crippen molar-refractivity contribution in [3.8, 4) is 5.75 Å². The fourth-order valence-corrected chi connectivity index (χ4v) is 5.20. The monoisotopic (exact) mass is 556 g/mol. The Hall–Kier alpha value is -3.50. The molecule has 1 N–H and O–H groups in total. The van der Waals surface area contributed by atoms with Gasteiger partial charge in [-0.25, -0.2) is 9.78 Å². The Morgan fingerprint density at radius 3 is 2.54 bits per heavy atom. The molecule has 0 saturated carbocycles. The van der Waals surface area contributed by atoms with Crippen LogP contribution in [0.3, 0.4) is 0 Å². The Balaban J connectivity index is 1.90. The summed E-state index contributed by atoms with van der Waals surface area (Å²) in [6.07, 6.45) is 0. The van der Waals surface area contributed by atoms with E-state index in [1.54, 1.807) is 56.3 Å². The third-order valence-corrected chi connectivity index (χ3v) is 7.05. The Morgan fingerprint density at radius 2 is 1.91 bits per heavy atom. The number of ketones is 1. The second-order valence-corrected chi connectivity index (χ2v) is 9.48. The second kappa shape index (κ2) is 10.0. The molecule has 2 aromatic carbocycles. The fourth-order valence-electron chi connectivity index (χ4n) is 3.80. The van der Waals surface area contributed by atoms with Gasteiger partial charge in [0.25, 0.3) is 5.78 Å². The number of nitrogens with zero attached hydrogens (tertiary/aromatic N) is 2. The molecular weight excluding hydrogens is 536 g/mol. The topological polar surface area (TPSA) is 106 Å². The lowest BCUT2D eigenvalue weighted by Crippen LogP contribution is -2.29. The summed E-state index contributed by atoms with van der Waals surface area (Å²) in [4.78, 5) is 44.8. The molecule has 3 aromatic rings. The van der Waals surface area contributed by atoms with Gasteiger partial charge in [-0.2, -0.15) is 0 Å². The zero-order valence-electron chi connectivity index (χ0n) is 19.1. The standard InChI is InChI=1S/C25H21BrN2O6S/c1-4-34-24(32)22-13(2)27-25(35-22)28-19(15-6-5-7-16(26)12-15)18(21(30)23(28)31)20(29)14-8-10-17(33-3)11-9-14/h5-12,19,29H,4H2,1-3H3/b20-18+. The first-order chi connectivity index (χ1) is 16.8. The van der Waals surface area contributed by atoms with Crippen LogP contribution in [0.15, 0.2) is 58.6 Å². The number of ether oxygens (including phenoxy) is 2. The molecule has 1 unspecified atom stereocenters. The van der Waals surface area contributed by atoms with Crippen LogP contribution in [0.2, 0.25) is 0 Å². The number of aliphatic hydroxyl groups is 1. The van der Waals surface area contributed by atoms with Crippen LogP contribution < -0.4 is 9.64 Å². The number of anilines is 1. The lowest BCUT2D eigenvalue weighted by atomic mass is 9.95. The van der Waals surface area contributed by atoms with E-state index in [1.807, 2.05) is 6.07 Å². The van der Waals surface area contributed by atoms with Crippen molar-refractivity contribution in [1.29, 1.82) is 0 Å². The highest BCUT2D eigenvalue weighted by Gasteiger charge is 2.48. The number of benzene rings is 2. The van der Waals surface area contributed by atoms with Crippen LogP contribution in [0, 0.1) is 6.92 Å². The molecule has 1 amide bonds. The van der Waals surface area contributed by atoms with Crippen LogP contribution in [0.1, 0.15) is 39.5 Å². The van der Waals surface area contributed by atoms with Gasteiger partial charge in [-0.15, -0.1) is 0 Å². The molecule has 10 heteroatoms. The van der Waals surface area contributed by atoms with E-state index in [-0.39, 0.29) is 27.9 Å². The zero-order chi connectivity index (χ0) is 25.3. The van der Waals surface area contributed by atoms with Gasteiger partial charge >= 0.3 is 11.9 Å². The molecule has 1 aliphatic rings. The maximum Gasteiger partial charge on any atom is 0.350 e. The summed E-state index contributed by atoms with van der Waals surface area (Å²) in [5, 5.41) is 11.4. The number of methoxy groups -OCH3 is 1. The summed E-state index contributed by atoms with van der Waals surface area (Å²) in [5.74, 6) is -2.00. The molecule has 0 bridgehead atoms. The number of aliphatic hydroxyl groups excluding tert-OH is 1. The molecule has 0 aliphatic carbocycles. The van der Waals surface area contributed by atoms with Crippen LogP contribution in [-0.2, 0) is 14.3 Å². The van der Waals surface area contributed by atoms with Crippen molar-refractivity contribution < 1.29 is 29.0 Å². The first kappa shape index (κ1) is 24.6. The average molecular weight is 557 g/mol. The normalized spacial score (nSPS) is 17.0. The van der Waals surface area contributed by atoms with Gasteiger partial charge in [0.2, 0.25) is 0 Å². The van der Waals surface area contributed by atoms with Crippen LogP contribution in [-0.4, -0.2) is 41.5 Å². The highest BCUT2D eigenvalue weighted by molar-refractivity contribution is 9.10. The van der Waals surface area contributed by atoms with Crippen LogP contribution in [0.25, 0.3) is 5.76 Å². The number of carbonyl (C=O) groups is 3. The SMILES string of the molecule is CCOC(=O)c1sc(N2C(=O)C(=O)/C(=C(/O)c3ccc(OC)cc3)C2c2cccc(Br)c2)nc1C. The van der Waals surface area contributed by atoms with Gasteiger partial charge in [-0.05, 0) is 55.8 Å². The zero-order valence-corrected chi connectivity index (χ0v) is 21.5. The van der Waals surface area contributed by atoms with E-state index in [4.69, 9.17) is 9.47 Å². The van der Waals surface area contributed by atoms with Gasteiger partial charge in [0.05, 0.1) is 31.0 Å². The van der Waals surface area contributed by atoms with E-state index in [9.17, 15) is 19.5 Å². The van der Waals surface area contributed by atoms with Crippen molar-refractivity contribution in [1.82, 2.24) is 4.98 Å². The predicted octanol–water partition coefficient (Wildman–Crippen LogP) is 5.03. The molecule has 2 heterocycles. The van der Waals surface area contributed by atoms with Crippen molar-refractivity contribution in [3.63, 3.8) is 0 Å². The van der Waals surface area contributed by atoms with Crippen molar-refractivity contribution in [3.05, 3.63) is 80.3 Å². The molecule has 8 nitrogen and oxygen atoms in total. The minimum absolute atomic E-state index is 0.0798. The van der Waals surface area contributed by atoms with Crippen molar-refractivity contribution in [2.75, 3.05) is 18.6 Å². The molecule has 1 atom stereocenters. The molecule has 180 valence electrons. The van der Waals surface area contributed by atoms with Gasteiger partial charge in [-0.3, -0.25) is 14.5 Å². The van der Waals surface area contributed by atoms with Gasteiger partial charge in [0.1, 0.15) is 16.4 Å². The maximum atomic E-state index is 13.3. The van der Waals surface area contributed by atoms with Crippen molar-refractivity contribution >= 4 is 55.8 Å². The summed E-state index contributed by atoms with van der Waals surface area (Å²) in [6.45, 7) is 3.52. The van der Waals surface area contributed by atoms with Crippen LogP contribution >= 0.6 is 27.3 Å². The van der Waals surface area contributed by atoms with Crippen LogP contribution in [0.4, 0.5) is 5.13 Å². The minimum atomic E-state index is -0.963. The summed E-state index contributed by atoms with van der Waals surface area (Å²) in [5.41, 5.74) is 1.24. The minimum Gasteiger partial charge on any atom is -0.507 e. The van der Waals surface area contributed by atoms with Gasteiger partial charge < -0.3 is 14.6 Å². The van der Waals surface area contributed by atoms with Gasteiger partial charge in [0, 0.05) is 10.0 Å².